The summed E-state index contributed by atoms with van der Waals surface area (Å²) in [5, 5.41) is 14.6. The second kappa shape index (κ2) is 9.89. The fraction of sp³-hybridized carbons (Fsp3) is 0.609. The molecule has 1 aromatic carbocycles. The van der Waals surface area contributed by atoms with E-state index in [1.165, 1.54) is 6.07 Å². The Bertz CT molecular complexity index is 920. The molecule has 2 N–H and O–H groups in total. The molecular formula is C23H30F3N5O2. The molecule has 0 saturated carbocycles. The van der Waals surface area contributed by atoms with Gasteiger partial charge in [0.15, 0.2) is 0 Å². The van der Waals surface area contributed by atoms with E-state index in [9.17, 15) is 22.8 Å². The summed E-state index contributed by atoms with van der Waals surface area (Å²) in [7, 11) is 1.59. The molecule has 2 saturated heterocycles. The average Bonchev–Trinajstić information content (AvgIpc) is 3.23. The average molecular weight is 466 g/mol. The van der Waals surface area contributed by atoms with Gasteiger partial charge in [0.1, 0.15) is 0 Å². The first-order valence-electron chi connectivity index (χ1n) is 11.2. The molecule has 0 bridgehead atoms. The number of hydrogen-bond acceptors (Lipinski definition) is 4. The first kappa shape index (κ1) is 24.7. The van der Waals surface area contributed by atoms with Crippen LogP contribution in [0.15, 0.2) is 18.2 Å². The van der Waals surface area contributed by atoms with Gasteiger partial charge in [-0.25, -0.2) is 4.79 Å². The van der Waals surface area contributed by atoms with Crippen LogP contribution in [0.1, 0.15) is 37.8 Å². The second-order valence-electron chi connectivity index (χ2n) is 9.06. The van der Waals surface area contributed by atoms with Crippen LogP contribution in [0.4, 0.5) is 23.7 Å². The maximum absolute atomic E-state index is 13.3. The molecule has 2 fully saturated rings. The van der Waals surface area contributed by atoms with Gasteiger partial charge < -0.3 is 20.4 Å². The molecule has 3 amide bonds. The van der Waals surface area contributed by atoms with Gasteiger partial charge in [0.2, 0.25) is 5.91 Å². The molecule has 2 aliphatic heterocycles. The number of halogens is 3. The number of piperidine rings is 1. The predicted octanol–water partition coefficient (Wildman–Crippen LogP) is 3.21. The lowest BCUT2D eigenvalue weighted by Crippen LogP contribution is -2.42. The van der Waals surface area contributed by atoms with E-state index in [-0.39, 0.29) is 41.3 Å². The number of urea groups is 1. The van der Waals surface area contributed by atoms with Crippen LogP contribution in [0.2, 0.25) is 0 Å². The standard InChI is InChI=1S/C23H30F3N5O2/c1-14(2)29-22(33)31-12-18(19(13-31)21(32)28-3)15-6-8-30(9-7-15)17-5-4-16(11-27)20(10-17)23(24,25)26/h4-5,10,14-15,18-19H,6-9,12-13H2,1-3H3,(H,28,32)(H,29,33)/t18-,19+/m0/s1. The molecule has 10 heteroatoms. The number of alkyl halides is 3. The van der Waals surface area contributed by atoms with Crippen molar-refractivity contribution in [3.05, 3.63) is 29.3 Å². The fourth-order valence-corrected chi connectivity index (χ4v) is 4.92. The minimum Gasteiger partial charge on any atom is -0.372 e. The van der Waals surface area contributed by atoms with Crippen molar-refractivity contribution in [1.29, 1.82) is 5.26 Å². The number of amides is 3. The molecular weight excluding hydrogens is 435 g/mol. The fourth-order valence-electron chi connectivity index (χ4n) is 4.92. The second-order valence-corrected chi connectivity index (χ2v) is 9.06. The van der Waals surface area contributed by atoms with Crippen molar-refractivity contribution < 1.29 is 22.8 Å². The third-order valence-electron chi connectivity index (χ3n) is 6.59. The summed E-state index contributed by atoms with van der Waals surface area (Å²) in [6.07, 6.45) is -3.18. The van der Waals surface area contributed by atoms with Crippen LogP contribution in [0.25, 0.3) is 0 Å². The minimum absolute atomic E-state index is 0.00304. The van der Waals surface area contributed by atoms with Crippen LogP contribution in [0, 0.1) is 29.1 Å². The van der Waals surface area contributed by atoms with Crippen LogP contribution in [0.3, 0.4) is 0 Å². The number of benzene rings is 1. The first-order valence-corrected chi connectivity index (χ1v) is 11.2. The number of anilines is 1. The van der Waals surface area contributed by atoms with Gasteiger partial charge in [-0.1, -0.05) is 0 Å². The normalized spacial score (nSPS) is 21.8. The van der Waals surface area contributed by atoms with Crippen molar-refractivity contribution in [1.82, 2.24) is 15.5 Å². The lowest BCUT2D eigenvalue weighted by atomic mass is 9.78. The highest BCUT2D eigenvalue weighted by Gasteiger charge is 2.44. The molecule has 1 aromatic rings. The number of likely N-dealkylation sites (tertiary alicyclic amines) is 1. The van der Waals surface area contributed by atoms with Crippen molar-refractivity contribution in [2.24, 2.45) is 17.8 Å². The molecule has 180 valence electrons. The Hall–Kier alpha value is -2.96. The number of hydrogen-bond donors (Lipinski definition) is 2. The van der Waals surface area contributed by atoms with Crippen molar-refractivity contribution in [2.45, 2.75) is 38.9 Å². The first-order chi connectivity index (χ1) is 15.5. The number of nitrogens with one attached hydrogen (secondary N) is 2. The van der Waals surface area contributed by atoms with Gasteiger partial charge in [-0.15, -0.1) is 0 Å². The molecule has 0 aromatic heterocycles. The molecule has 2 aliphatic rings. The van der Waals surface area contributed by atoms with E-state index < -0.39 is 11.7 Å². The zero-order valence-electron chi connectivity index (χ0n) is 19.1. The van der Waals surface area contributed by atoms with Gasteiger partial charge in [-0.05, 0) is 56.7 Å². The topological polar surface area (TPSA) is 88.5 Å². The van der Waals surface area contributed by atoms with Crippen LogP contribution in [-0.2, 0) is 11.0 Å². The summed E-state index contributed by atoms with van der Waals surface area (Å²) in [4.78, 5) is 28.6. The van der Waals surface area contributed by atoms with Gasteiger partial charge in [0.05, 0.1) is 23.1 Å². The monoisotopic (exact) mass is 465 g/mol. The molecule has 0 spiro atoms. The summed E-state index contributed by atoms with van der Waals surface area (Å²) in [6.45, 7) is 5.69. The van der Waals surface area contributed by atoms with Gasteiger partial charge in [-0.3, -0.25) is 4.79 Å². The van der Waals surface area contributed by atoms with Crippen LogP contribution < -0.4 is 15.5 Å². The Morgan fingerprint density at radius 1 is 1.18 bits per heavy atom. The van der Waals surface area contributed by atoms with Crippen LogP contribution in [-0.4, -0.2) is 56.1 Å². The highest BCUT2D eigenvalue weighted by Crippen LogP contribution is 2.39. The van der Waals surface area contributed by atoms with E-state index in [1.807, 2.05) is 18.7 Å². The Labute approximate surface area is 191 Å². The Balaban J connectivity index is 1.71. The summed E-state index contributed by atoms with van der Waals surface area (Å²) in [6, 6.07) is 5.23. The van der Waals surface area contributed by atoms with Gasteiger partial charge in [0, 0.05) is 45.0 Å². The predicted molar refractivity (Wildman–Crippen MR) is 117 cm³/mol. The highest BCUT2D eigenvalue weighted by molar-refractivity contribution is 5.82. The summed E-state index contributed by atoms with van der Waals surface area (Å²) < 4.78 is 40.0. The van der Waals surface area contributed by atoms with Crippen molar-refractivity contribution in [2.75, 3.05) is 38.1 Å². The number of carbonyl (C=O) groups is 2. The van der Waals surface area contributed by atoms with Gasteiger partial charge in [-0.2, -0.15) is 18.4 Å². The Kier molecular flexibility index (Phi) is 7.40. The summed E-state index contributed by atoms with van der Waals surface area (Å²) in [5.74, 6) is -0.224. The Morgan fingerprint density at radius 3 is 2.39 bits per heavy atom. The molecule has 2 heterocycles. The van der Waals surface area contributed by atoms with Crippen molar-refractivity contribution in [3.8, 4) is 6.07 Å². The van der Waals surface area contributed by atoms with E-state index in [2.05, 4.69) is 10.6 Å². The molecule has 0 unspecified atom stereocenters. The van der Waals surface area contributed by atoms with E-state index in [4.69, 9.17) is 5.26 Å². The maximum atomic E-state index is 13.3. The van der Waals surface area contributed by atoms with Gasteiger partial charge >= 0.3 is 12.2 Å². The quantitative estimate of drug-likeness (QED) is 0.715. The lowest BCUT2D eigenvalue weighted by molar-refractivity contribution is -0.137. The third-order valence-corrected chi connectivity index (χ3v) is 6.59. The van der Waals surface area contributed by atoms with E-state index in [0.29, 0.717) is 44.7 Å². The molecule has 7 nitrogen and oxygen atoms in total. The SMILES string of the molecule is CNC(=O)[C@@H]1CN(C(=O)NC(C)C)C[C@H]1C1CCN(c2ccc(C#N)c(C(F)(F)F)c2)CC1. The third kappa shape index (κ3) is 5.52. The zero-order valence-corrected chi connectivity index (χ0v) is 19.1. The largest absolute Gasteiger partial charge is 0.417 e. The number of nitriles is 1. The lowest BCUT2D eigenvalue weighted by Gasteiger charge is -2.37. The van der Waals surface area contributed by atoms with Crippen LogP contribution in [0.5, 0.6) is 0 Å². The molecule has 33 heavy (non-hydrogen) atoms. The van der Waals surface area contributed by atoms with Gasteiger partial charge in [0.25, 0.3) is 0 Å². The molecule has 3 rings (SSSR count). The Morgan fingerprint density at radius 2 is 1.85 bits per heavy atom. The van der Waals surface area contributed by atoms with E-state index >= 15 is 0 Å². The molecule has 0 aliphatic carbocycles. The van der Waals surface area contributed by atoms with E-state index in [1.54, 1.807) is 24.1 Å². The smallest absolute Gasteiger partial charge is 0.372 e. The van der Waals surface area contributed by atoms with Crippen LogP contribution >= 0.6 is 0 Å². The number of nitrogens with zero attached hydrogens (tertiary/aromatic N) is 3. The van der Waals surface area contributed by atoms with Crippen molar-refractivity contribution >= 4 is 17.6 Å². The zero-order chi connectivity index (χ0) is 24.3. The van der Waals surface area contributed by atoms with E-state index in [0.717, 1.165) is 6.07 Å². The number of rotatable bonds is 4. The molecule has 2 atom stereocenters. The maximum Gasteiger partial charge on any atom is 0.417 e. The minimum atomic E-state index is -4.59. The highest BCUT2D eigenvalue weighted by atomic mass is 19.4. The molecule has 0 radical (unpaired) electrons. The summed E-state index contributed by atoms with van der Waals surface area (Å²) >= 11 is 0. The number of carbonyl (C=O) groups excluding carboxylic acids is 2. The summed E-state index contributed by atoms with van der Waals surface area (Å²) in [5.41, 5.74) is -0.876. The van der Waals surface area contributed by atoms with Crippen molar-refractivity contribution in [3.63, 3.8) is 0 Å².